The first-order chi connectivity index (χ1) is 9.97. The lowest BCUT2D eigenvalue weighted by Gasteiger charge is -2.14. The lowest BCUT2D eigenvalue weighted by molar-refractivity contribution is 0.0696. The molecule has 0 bridgehead atoms. The zero-order valence-corrected chi connectivity index (χ0v) is 11.8. The number of aromatic nitrogens is 1. The van der Waals surface area contributed by atoms with Crippen LogP contribution >= 0.6 is 0 Å². The second kappa shape index (κ2) is 6.17. The predicted molar refractivity (Wildman–Crippen MR) is 78.3 cm³/mol. The van der Waals surface area contributed by atoms with Gasteiger partial charge in [-0.1, -0.05) is 12.1 Å². The zero-order valence-electron chi connectivity index (χ0n) is 11.8. The molecule has 5 nitrogen and oxygen atoms in total. The molecule has 0 unspecified atom stereocenters. The number of hydrogen-bond donors (Lipinski definition) is 2. The van der Waals surface area contributed by atoms with Gasteiger partial charge < -0.3 is 10.4 Å². The summed E-state index contributed by atoms with van der Waals surface area (Å²) in [5.41, 5.74) is 2.49. The number of aryl methyl sites for hydroxylation is 1. The molecule has 0 saturated carbocycles. The molecule has 5 heteroatoms. The summed E-state index contributed by atoms with van der Waals surface area (Å²) in [7, 11) is 0. The average molecular weight is 284 g/mol. The number of pyridine rings is 1. The third-order valence-corrected chi connectivity index (χ3v) is 3.14. The fourth-order valence-corrected chi connectivity index (χ4v) is 1.96. The standard InChI is InChI=1S/C16H16N2O3/c1-10-7-14(9-17-8-10)15(19)18-11(2)12-3-5-13(6-4-12)16(20)21/h3-9,11H,1-2H3,(H,18,19)(H,20,21)/t11-/m0/s1. The summed E-state index contributed by atoms with van der Waals surface area (Å²) in [6.07, 6.45) is 3.20. The topological polar surface area (TPSA) is 79.3 Å². The van der Waals surface area contributed by atoms with Gasteiger partial charge in [-0.15, -0.1) is 0 Å². The lowest BCUT2D eigenvalue weighted by Crippen LogP contribution is -2.26. The molecule has 0 aliphatic carbocycles. The lowest BCUT2D eigenvalue weighted by atomic mass is 10.1. The van der Waals surface area contributed by atoms with E-state index in [4.69, 9.17) is 5.11 Å². The first-order valence-corrected chi connectivity index (χ1v) is 6.53. The molecule has 0 saturated heterocycles. The third-order valence-electron chi connectivity index (χ3n) is 3.14. The van der Waals surface area contributed by atoms with Crippen molar-refractivity contribution in [2.24, 2.45) is 0 Å². The van der Waals surface area contributed by atoms with Crippen molar-refractivity contribution in [3.05, 3.63) is 65.0 Å². The van der Waals surface area contributed by atoms with Gasteiger partial charge in [-0.3, -0.25) is 9.78 Å². The number of rotatable bonds is 4. The monoisotopic (exact) mass is 284 g/mol. The summed E-state index contributed by atoms with van der Waals surface area (Å²) < 4.78 is 0. The number of amides is 1. The molecule has 2 rings (SSSR count). The number of hydrogen-bond acceptors (Lipinski definition) is 3. The van der Waals surface area contributed by atoms with E-state index in [2.05, 4.69) is 10.3 Å². The van der Waals surface area contributed by atoms with E-state index in [0.717, 1.165) is 11.1 Å². The van der Waals surface area contributed by atoms with Crippen LogP contribution in [0.2, 0.25) is 0 Å². The Morgan fingerprint density at radius 1 is 1.14 bits per heavy atom. The van der Waals surface area contributed by atoms with Crippen molar-refractivity contribution >= 4 is 11.9 Å². The molecule has 0 aliphatic heterocycles. The zero-order chi connectivity index (χ0) is 15.4. The number of carboxylic acids is 1. The molecule has 0 aliphatic rings. The fourth-order valence-electron chi connectivity index (χ4n) is 1.96. The van der Waals surface area contributed by atoms with E-state index < -0.39 is 5.97 Å². The molecule has 0 radical (unpaired) electrons. The van der Waals surface area contributed by atoms with E-state index in [1.54, 1.807) is 24.4 Å². The Hall–Kier alpha value is -2.69. The highest BCUT2D eigenvalue weighted by Crippen LogP contribution is 2.14. The molecule has 1 heterocycles. The minimum absolute atomic E-state index is 0.207. The van der Waals surface area contributed by atoms with Crippen molar-refractivity contribution in [2.45, 2.75) is 19.9 Å². The van der Waals surface area contributed by atoms with Gasteiger partial charge in [0, 0.05) is 12.4 Å². The third kappa shape index (κ3) is 3.66. The van der Waals surface area contributed by atoms with Gasteiger partial charge in [0.25, 0.3) is 5.91 Å². The van der Waals surface area contributed by atoms with Crippen molar-refractivity contribution in [2.75, 3.05) is 0 Å². The van der Waals surface area contributed by atoms with Gasteiger partial charge in [-0.05, 0) is 43.2 Å². The van der Waals surface area contributed by atoms with Crippen LogP contribution in [0.3, 0.4) is 0 Å². The highest BCUT2D eigenvalue weighted by Gasteiger charge is 2.12. The smallest absolute Gasteiger partial charge is 0.335 e. The Labute approximate surface area is 122 Å². The van der Waals surface area contributed by atoms with Crippen LogP contribution < -0.4 is 5.32 Å². The second-order valence-electron chi connectivity index (χ2n) is 4.87. The van der Waals surface area contributed by atoms with Crippen molar-refractivity contribution in [1.82, 2.24) is 10.3 Å². The molecular formula is C16H16N2O3. The first kappa shape index (κ1) is 14.7. The SMILES string of the molecule is Cc1cncc(C(=O)N[C@@H](C)c2ccc(C(=O)O)cc2)c1. The molecule has 1 amide bonds. The minimum atomic E-state index is -0.968. The van der Waals surface area contributed by atoms with E-state index >= 15 is 0 Å². The van der Waals surface area contributed by atoms with Crippen molar-refractivity contribution in [3.63, 3.8) is 0 Å². The van der Waals surface area contributed by atoms with E-state index in [1.807, 2.05) is 13.8 Å². The van der Waals surface area contributed by atoms with Crippen LogP contribution in [0.15, 0.2) is 42.7 Å². The molecule has 2 N–H and O–H groups in total. The quantitative estimate of drug-likeness (QED) is 0.904. The van der Waals surface area contributed by atoms with Crippen LogP contribution in [-0.4, -0.2) is 22.0 Å². The highest BCUT2D eigenvalue weighted by molar-refractivity contribution is 5.94. The predicted octanol–water partition coefficient (Wildman–Crippen LogP) is 2.58. The summed E-state index contributed by atoms with van der Waals surface area (Å²) >= 11 is 0. The first-order valence-electron chi connectivity index (χ1n) is 6.53. The number of carboxylic acid groups (broad SMARTS) is 1. The molecule has 1 aromatic heterocycles. The number of aromatic carboxylic acids is 1. The van der Waals surface area contributed by atoms with Gasteiger partial charge in [0.2, 0.25) is 0 Å². The van der Waals surface area contributed by atoms with Crippen LogP contribution in [0.4, 0.5) is 0 Å². The molecule has 1 atom stereocenters. The van der Waals surface area contributed by atoms with Crippen molar-refractivity contribution in [3.8, 4) is 0 Å². The Balaban J connectivity index is 2.08. The molecule has 108 valence electrons. The van der Waals surface area contributed by atoms with E-state index in [9.17, 15) is 9.59 Å². The van der Waals surface area contributed by atoms with Gasteiger partial charge in [0.1, 0.15) is 0 Å². The number of nitrogens with zero attached hydrogens (tertiary/aromatic N) is 1. The molecule has 0 fully saturated rings. The second-order valence-corrected chi connectivity index (χ2v) is 4.87. The maximum absolute atomic E-state index is 12.1. The van der Waals surface area contributed by atoms with Crippen LogP contribution in [0, 0.1) is 6.92 Å². The molecule has 0 spiro atoms. The van der Waals surface area contributed by atoms with Crippen molar-refractivity contribution < 1.29 is 14.7 Å². The summed E-state index contributed by atoms with van der Waals surface area (Å²) in [5.74, 6) is -1.18. The van der Waals surface area contributed by atoms with Gasteiger partial charge in [-0.25, -0.2) is 4.79 Å². The van der Waals surface area contributed by atoms with Gasteiger partial charge in [-0.2, -0.15) is 0 Å². The number of carbonyl (C=O) groups excluding carboxylic acids is 1. The molecule has 2 aromatic rings. The number of carbonyl (C=O) groups is 2. The Morgan fingerprint density at radius 2 is 1.81 bits per heavy atom. The fraction of sp³-hybridized carbons (Fsp3) is 0.188. The van der Waals surface area contributed by atoms with E-state index in [0.29, 0.717) is 5.56 Å². The number of benzene rings is 1. The summed E-state index contributed by atoms with van der Waals surface area (Å²) in [4.78, 5) is 26.9. The Kier molecular flexibility index (Phi) is 4.33. The van der Waals surface area contributed by atoms with Crippen LogP contribution in [0.1, 0.15) is 44.8 Å². The van der Waals surface area contributed by atoms with E-state index in [1.165, 1.54) is 18.3 Å². The van der Waals surface area contributed by atoms with Gasteiger partial charge >= 0.3 is 5.97 Å². The summed E-state index contributed by atoms with van der Waals surface area (Å²) in [6, 6.07) is 7.98. The van der Waals surface area contributed by atoms with Crippen LogP contribution in [-0.2, 0) is 0 Å². The summed E-state index contributed by atoms with van der Waals surface area (Å²) in [5, 5.41) is 11.7. The van der Waals surface area contributed by atoms with Gasteiger partial charge in [0.05, 0.1) is 17.2 Å². The highest BCUT2D eigenvalue weighted by atomic mass is 16.4. The van der Waals surface area contributed by atoms with E-state index in [-0.39, 0.29) is 17.5 Å². The van der Waals surface area contributed by atoms with Gasteiger partial charge in [0.15, 0.2) is 0 Å². The molecule has 1 aromatic carbocycles. The van der Waals surface area contributed by atoms with Crippen LogP contribution in [0.5, 0.6) is 0 Å². The Bertz CT molecular complexity index is 665. The maximum Gasteiger partial charge on any atom is 0.335 e. The Morgan fingerprint density at radius 3 is 2.38 bits per heavy atom. The minimum Gasteiger partial charge on any atom is -0.478 e. The summed E-state index contributed by atoms with van der Waals surface area (Å²) in [6.45, 7) is 3.72. The molecular weight excluding hydrogens is 268 g/mol. The van der Waals surface area contributed by atoms with Crippen molar-refractivity contribution in [1.29, 1.82) is 0 Å². The number of nitrogens with one attached hydrogen (secondary N) is 1. The maximum atomic E-state index is 12.1. The largest absolute Gasteiger partial charge is 0.478 e. The average Bonchev–Trinajstić information content (AvgIpc) is 2.47. The normalized spacial score (nSPS) is 11.7. The molecule has 21 heavy (non-hydrogen) atoms. The van der Waals surface area contributed by atoms with Crippen LogP contribution in [0.25, 0.3) is 0 Å².